The van der Waals surface area contributed by atoms with E-state index in [0.717, 1.165) is 38.2 Å². The molecular formula is C18H20N4. The van der Waals surface area contributed by atoms with Gasteiger partial charge in [-0.15, -0.1) is 0 Å². The van der Waals surface area contributed by atoms with Crippen LogP contribution in [0, 0.1) is 11.3 Å². The number of aromatic nitrogens is 1. The van der Waals surface area contributed by atoms with Gasteiger partial charge in [0.15, 0.2) is 0 Å². The summed E-state index contributed by atoms with van der Waals surface area (Å²) in [5.74, 6) is 0. The summed E-state index contributed by atoms with van der Waals surface area (Å²) in [7, 11) is 0. The molecule has 0 radical (unpaired) electrons. The van der Waals surface area contributed by atoms with E-state index >= 15 is 0 Å². The van der Waals surface area contributed by atoms with E-state index in [2.05, 4.69) is 33.4 Å². The number of nitrogens with one attached hydrogen (secondary N) is 1. The maximum absolute atomic E-state index is 8.95. The van der Waals surface area contributed by atoms with Crippen LogP contribution >= 0.6 is 0 Å². The van der Waals surface area contributed by atoms with Crippen LogP contribution in [0.5, 0.6) is 0 Å². The molecule has 3 rings (SSSR count). The molecule has 0 saturated carbocycles. The van der Waals surface area contributed by atoms with Gasteiger partial charge in [-0.2, -0.15) is 5.26 Å². The van der Waals surface area contributed by atoms with Crippen LogP contribution < -0.4 is 5.32 Å². The van der Waals surface area contributed by atoms with E-state index in [1.807, 2.05) is 36.7 Å². The number of likely N-dealkylation sites (tertiary alicyclic amines) is 1. The highest BCUT2D eigenvalue weighted by atomic mass is 15.1. The van der Waals surface area contributed by atoms with Gasteiger partial charge < -0.3 is 5.32 Å². The molecule has 0 aliphatic carbocycles. The summed E-state index contributed by atoms with van der Waals surface area (Å²) in [5.41, 5.74) is 3.08. The van der Waals surface area contributed by atoms with Crippen molar-refractivity contribution in [1.82, 2.24) is 9.88 Å². The highest BCUT2D eigenvalue weighted by Gasteiger charge is 2.19. The van der Waals surface area contributed by atoms with E-state index in [0.29, 0.717) is 11.6 Å². The quantitative estimate of drug-likeness (QED) is 0.941. The molecule has 1 aromatic carbocycles. The molecular weight excluding hydrogens is 272 g/mol. The summed E-state index contributed by atoms with van der Waals surface area (Å²) in [6.07, 6.45) is 5.96. The third-order valence-electron chi connectivity index (χ3n) is 4.11. The van der Waals surface area contributed by atoms with Crippen LogP contribution in [0.3, 0.4) is 0 Å². The Morgan fingerprint density at radius 3 is 2.68 bits per heavy atom. The number of benzene rings is 1. The van der Waals surface area contributed by atoms with Gasteiger partial charge in [0.05, 0.1) is 11.6 Å². The first-order valence-electron chi connectivity index (χ1n) is 7.71. The lowest BCUT2D eigenvalue weighted by molar-refractivity contribution is 0.211. The summed E-state index contributed by atoms with van der Waals surface area (Å²) >= 11 is 0. The van der Waals surface area contributed by atoms with E-state index in [4.69, 9.17) is 5.26 Å². The Balaban J connectivity index is 1.50. The lowest BCUT2D eigenvalue weighted by atomic mass is 10.0. The number of anilines is 1. The molecule has 1 N–H and O–H groups in total. The van der Waals surface area contributed by atoms with Crippen molar-refractivity contribution < 1.29 is 0 Å². The monoisotopic (exact) mass is 292 g/mol. The minimum Gasteiger partial charge on any atom is -0.382 e. The minimum atomic E-state index is 0.489. The fourth-order valence-electron chi connectivity index (χ4n) is 2.90. The second-order valence-corrected chi connectivity index (χ2v) is 5.74. The van der Waals surface area contributed by atoms with E-state index in [1.54, 1.807) is 0 Å². The molecule has 0 atom stereocenters. The van der Waals surface area contributed by atoms with Gasteiger partial charge in [0.2, 0.25) is 0 Å². The Morgan fingerprint density at radius 1 is 1.18 bits per heavy atom. The van der Waals surface area contributed by atoms with Gasteiger partial charge in [-0.25, -0.2) is 0 Å². The predicted octanol–water partition coefficient (Wildman–Crippen LogP) is 3.03. The average Bonchev–Trinajstić information content (AvgIpc) is 2.58. The molecule has 2 aromatic rings. The summed E-state index contributed by atoms with van der Waals surface area (Å²) in [5, 5.41) is 12.5. The van der Waals surface area contributed by atoms with Crippen molar-refractivity contribution in [3.8, 4) is 6.07 Å². The first-order chi connectivity index (χ1) is 10.8. The van der Waals surface area contributed by atoms with Crippen LogP contribution in [0.2, 0.25) is 0 Å². The zero-order valence-electron chi connectivity index (χ0n) is 12.6. The summed E-state index contributed by atoms with van der Waals surface area (Å²) in [4.78, 5) is 6.55. The molecule has 0 unspecified atom stereocenters. The first kappa shape index (κ1) is 14.6. The average molecular weight is 292 g/mol. The van der Waals surface area contributed by atoms with Gasteiger partial charge in [-0.1, -0.05) is 6.07 Å². The van der Waals surface area contributed by atoms with E-state index in [-0.39, 0.29) is 0 Å². The van der Waals surface area contributed by atoms with Crippen LogP contribution in [0.4, 0.5) is 5.69 Å². The Bertz CT molecular complexity index is 640. The van der Waals surface area contributed by atoms with Crippen LogP contribution in [0.25, 0.3) is 0 Å². The smallest absolute Gasteiger partial charge is 0.0992 e. The molecule has 0 spiro atoms. The van der Waals surface area contributed by atoms with E-state index < -0.39 is 0 Å². The van der Waals surface area contributed by atoms with E-state index in [9.17, 15) is 0 Å². The van der Waals surface area contributed by atoms with Crippen molar-refractivity contribution in [3.63, 3.8) is 0 Å². The van der Waals surface area contributed by atoms with Crippen molar-refractivity contribution in [2.24, 2.45) is 0 Å². The Labute approximate surface area is 131 Å². The second-order valence-electron chi connectivity index (χ2n) is 5.74. The Kier molecular flexibility index (Phi) is 4.67. The summed E-state index contributed by atoms with van der Waals surface area (Å²) in [6.45, 7) is 3.19. The molecule has 2 heterocycles. The lowest BCUT2D eigenvalue weighted by Crippen LogP contribution is -2.38. The Morgan fingerprint density at radius 2 is 1.95 bits per heavy atom. The van der Waals surface area contributed by atoms with Crippen LogP contribution in [0.15, 0.2) is 48.8 Å². The normalized spacial score (nSPS) is 16.1. The molecule has 4 heteroatoms. The van der Waals surface area contributed by atoms with Gasteiger partial charge in [0.1, 0.15) is 0 Å². The van der Waals surface area contributed by atoms with Crippen molar-refractivity contribution in [3.05, 3.63) is 59.9 Å². The summed E-state index contributed by atoms with van der Waals surface area (Å²) < 4.78 is 0. The maximum atomic E-state index is 8.95. The molecule has 4 nitrogen and oxygen atoms in total. The van der Waals surface area contributed by atoms with Crippen LogP contribution in [-0.4, -0.2) is 29.0 Å². The molecule has 112 valence electrons. The molecule has 1 aliphatic heterocycles. The van der Waals surface area contributed by atoms with Gasteiger partial charge in [-0.3, -0.25) is 9.88 Å². The molecule has 0 bridgehead atoms. The number of nitrogens with zero attached hydrogens (tertiary/aromatic N) is 3. The standard InChI is InChI=1S/C18H20N4/c19-13-16-2-1-3-18(12-16)21-17-6-10-22(11-7-17)14-15-4-8-20-9-5-15/h1-5,8-9,12,17,21H,6-7,10-11,14H2. The molecule has 1 aromatic heterocycles. The third kappa shape index (κ3) is 3.84. The number of nitriles is 1. The number of pyridine rings is 1. The first-order valence-corrected chi connectivity index (χ1v) is 7.71. The maximum Gasteiger partial charge on any atom is 0.0992 e. The number of hydrogen-bond acceptors (Lipinski definition) is 4. The topological polar surface area (TPSA) is 52.0 Å². The van der Waals surface area contributed by atoms with Crippen LogP contribution in [0.1, 0.15) is 24.0 Å². The highest BCUT2D eigenvalue weighted by molar-refractivity contribution is 5.49. The van der Waals surface area contributed by atoms with Crippen molar-refractivity contribution >= 4 is 5.69 Å². The number of rotatable bonds is 4. The van der Waals surface area contributed by atoms with Gasteiger partial charge in [0, 0.05) is 43.8 Å². The molecule has 1 aliphatic rings. The summed E-state index contributed by atoms with van der Waals surface area (Å²) in [6, 6.07) is 14.6. The Hall–Kier alpha value is -2.38. The van der Waals surface area contributed by atoms with Gasteiger partial charge in [0.25, 0.3) is 0 Å². The fourth-order valence-corrected chi connectivity index (χ4v) is 2.90. The predicted molar refractivity (Wildman–Crippen MR) is 87.3 cm³/mol. The van der Waals surface area contributed by atoms with Crippen molar-refractivity contribution in [2.45, 2.75) is 25.4 Å². The van der Waals surface area contributed by atoms with Crippen molar-refractivity contribution in [1.29, 1.82) is 5.26 Å². The molecule has 22 heavy (non-hydrogen) atoms. The zero-order chi connectivity index (χ0) is 15.2. The minimum absolute atomic E-state index is 0.489. The number of piperidine rings is 1. The van der Waals surface area contributed by atoms with E-state index in [1.165, 1.54) is 5.56 Å². The second kappa shape index (κ2) is 7.06. The number of hydrogen-bond donors (Lipinski definition) is 1. The van der Waals surface area contributed by atoms with Crippen molar-refractivity contribution in [2.75, 3.05) is 18.4 Å². The SMILES string of the molecule is N#Cc1cccc(NC2CCN(Cc3ccncc3)CC2)c1. The lowest BCUT2D eigenvalue weighted by Gasteiger charge is -2.32. The molecule has 1 saturated heterocycles. The third-order valence-corrected chi connectivity index (χ3v) is 4.11. The largest absolute Gasteiger partial charge is 0.382 e. The zero-order valence-corrected chi connectivity index (χ0v) is 12.6. The fraction of sp³-hybridized carbons (Fsp3) is 0.333. The van der Waals surface area contributed by atoms with Gasteiger partial charge in [-0.05, 0) is 48.7 Å². The highest BCUT2D eigenvalue weighted by Crippen LogP contribution is 2.18. The van der Waals surface area contributed by atoms with Gasteiger partial charge >= 0.3 is 0 Å². The molecule has 0 amide bonds. The van der Waals surface area contributed by atoms with Crippen LogP contribution in [-0.2, 0) is 6.54 Å². The molecule has 1 fully saturated rings.